The van der Waals surface area contributed by atoms with Gasteiger partial charge in [0.2, 0.25) is 0 Å². The molecule has 1 saturated carbocycles. The maximum Gasteiger partial charge on any atom is 0.255 e. The van der Waals surface area contributed by atoms with Crippen LogP contribution in [0.2, 0.25) is 0 Å². The lowest BCUT2D eigenvalue weighted by molar-refractivity contribution is -0.00546. The average molecular weight is 359 g/mol. The molecule has 0 unspecified atom stereocenters. The van der Waals surface area contributed by atoms with Crippen LogP contribution in [0.15, 0.2) is 18.3 Å². The summed E-state index contributed by atoms with van der Waals surface area (Å²) in [6.07, 6.45) is 5.43. The Hall–Kier alpha value is -1.66. The number of carbonyl (C=O) groups is 1. The van der Waals surface area contributed by atoms with Crippen LogP contribution < -0.4 is 4.90 Å². The van der Waals surface area contributed by atoms with Crippen LogP contribution in [-0.2, 0) is 9.47 Å². The lowest BCUT2D eigenvalue weighted by Crippen LogP contribution is -2.45. The second-order valence-electron chi connectivity index (χ2n) is 7.99. The second-order valence-corrected chi connectivity index (χ2v) is 7.99. The highest BCUT2D eigenvalue weighted by Crippen LogP contribution is 2.30. The topological polar surface area (TPSA) is 54.9 Å². The van der Waals surface area contributed by atoms with E-state index in [0.717, 1.165) is 57.9 Å². The Morgan fingerprint density at radius 3 is 2.58 bits per heavy atom. The number of anilines is 1. The smallest absolute Gasteiger partial charge is 0.255 e. The molecule has 3 atom stereocenters. The van der Waals surface area contributed by atoms with Crippen molar-refractivity contribution in [3.8, 4) is 0 Å². The largest absolute Gasteiger partial charge is 0.381 e. The van der Waals surface area contributed by atoms with Crippen molar-refractivity contribution >= 4 is 11.7 Å². The minimum Gasteiger partial charge on any atom is -0.381 e. The highest BCUT2D eigenvalue weighted by Gasteiger charge is 2.35. The molecule has 0 N–H and O–H groups in total. The van der Waals surface area contributed by atoms with Crippen molar-refractivity contribution in [3.63, 3.8) is 0 Å². The first-order chi connectivity index (χ1) is 12.6. The Kier molecular flexibility index (Phi) is 5.14. The van der Waals surface area contributed by atoms with Crippen molar-refractivity contribution in [1.29, 1.82) is 0 Å². The van der Waals surface area contributed by atoms with Gasteiger partial charge in [-0.2, -0.15) is 0 Å². The van der Waals surface area contributed by atoms with E-state index in [1.807, 2.05) is 12.1 Å². The monoisotopic (exact) mass is 359 g/mol. The van der Waals surface area contributed by atoms with Gasteiger partial charge in [0.25, 0.3) is 5.91 Å². The number of rotatable bonds is 5. The molecule has 3 fully saturated rings. The zero-order valence-electron chi connectivity index (χ0n) is 15.8. The van der Waals surface area contributed by atoms with Crippen LogP contribution in [-0.4, -0.2) is 66.9 Å². The molecule has 0 aromatic carbocycles. The molecule has 3 aliphatic rings. The number of hydrogen-bond acceptors (Lipinski definition) is 5. The highest BCUT2D eigenvalue weighted by atomic mass is 16.5. The third-order valence-electron chi connectivity index (χ3n) is 5.47. The molecule has 1 amide bonds. The Balaban J connectivity index is 1.44. The Bertz CT molecular complexity index is 616. The summed E-state index contributed by atoms with van der Waals surface area (Å²) in [5.41, 5.74) is 0.689. The zero-order chi connectivity index (χ0) is 18.1. The quantitative estimate of drug-likeness (QED) is 0.808. The van der Waals surface area contributed by atoms with Gasteiger partial charge >= 0.3 is 0 Å². The molecule has 2 saturated heterocycles. The van der Waals surface area contributed by atoms with Gasteiger partial charge < -0.3 is 19.3 Å². The molecule has 0 bridgehead atoms. The molecule has 6 heteroatoms. The first-order valence-electron chi connectivity index (χ1n) is 9.85. The van der Waals surface area contributed by atoms with Gasteiger partial charge in [0.1, 0.15) is 5.82 Å². The van der Waals surface area contributed by atoms with Crippen LogP contribution >= 0.6 is 0 Å². The standard InChI is InChI=1S/C20H29N3O3/c1-14-10-22(11-15(2)26-14)19-6-3-17(9-21-19)20(24)23(18-4-5-18)12-16-7-8-25-13-16/h3,6,9,14-16,18H,4-5,7-8,10-13H2,1-2H3/t14-,15+,16-/m1/s1. The summed E-state index contributed by atoms with van der Waals surface area (Å²) in [6.45, 7) is 8.25. The van der Waals surface area contributed by atoms with Crippen molar-refractivity contribution in [3.05, 3.63) is 23.9 Å². The van der Waals surface area contributed by atoms with Crippen molar-refractivity contribution in [2.24, 2.45) is 5.92 Å². The van der Waals surface area contributed by atoms with Gasteiger partial charge in [-0.1, -0.05) is 0 Å². The van der Waals surface area contributed by atoms with Crippen LogP contribution in [0.4, 0.5) is 5.82 Å². The van der Waals surface area contributed by atoms with Crippen LogP contribution in [0.1, 0.15) is 43.5 Å². The Morgan fingerprint density at radius 2 is 2.00 bits per heavy atom. The maximum atomic E-state index is 13.0. The predicted molar refractivity (Wildman–Crippen MR) is 99.4 cm³/mol. The van der Waals surface area contributed by atoms with Crippen LogP contribution in [0.25, 0.3) is 0 Å². The number of nitrogens with zero attached hydrogens (tertiary/aromatic N) is 3. The van der Waals surface area contributed by atoms with Crippen molar-refractivity contribution in [2.75, 3.05) is 37.7 Å². The third-order valence-corrected chi connectivity index (χ3v) is 5.47. The fraction of sp³-hybridized carbons (Fsp3) is 0.700. The van der Waals surface area contributed by atoms with E-state index in [0.29, 0.717) is 17.5 Å². The number of aromatic nitrogens is 1. The van der Waals surface area contributed by atoms with E-state index in [4.69, 9.17) is 9.47 Å². The van der Waals surface area contributed by atoms with Crippen molar-refractivity contribution < 1.29 is 14.3 Å². The fourth-order valence-corrected chi connectivity index (χ4v) is 4.02. The SMILES string of the molecule is C[C@@H]1CN(c2ccc(C(=O)N(C[C@H]3CCOC3)C3CC3)cn2)C[C@H](C)O1. The summed E-state index contributed by atoms with van der Waals surface area (Å²) < 4.78 is 11.3. The summed E-state index contributed by atoms with van der Waals surface area (Å²) in [5.74, 6) is 1.51. The van der Waals surface area contributed by atoms with Gasteiger partial charge in [-0.15, -0.1) is 0 Å². The molecule has 2 aliphatic heterocycles. The zero-order valence-corrected chi connectivity index (χ0v) is 15.8. The van der Waals surface area contributed by atoms with E-state index < -0.39 is 0 Å². The first-order valence-corrected chi connectivity index (χ1v) is 9.85. The summed E-state index contributed by atoms with van der Waals surface area (Å²) in [5, 5.41) is 0. The molecule has 142 valence electrons. The maximum absolute atomic E-state index is 13.0. The summed E-state index contributed by atoms with van der Waals surface area (Å²) in [6, 6.07) is 4.31. The normalized spacial score (nSPS) is 29.0. The fourth-order valence-electron chi connectivity index (χ4n) is 4.02. The van der Waals surface area contributed by atoms with Crippen molar-refractivity contribution in [1.82, 2.24) is 9.88 Å². The van der Waals surface area contributed by atoms with E-state index in [-0.39, 0.29) is 18.1 Å². The molecule has 6 nitrogen and oxygen atoms in total. The van der Waals surface area contributed by atoms with E-state index >= 15 is 0 Å². The summed E-state index contributed by atoms with van der Waals surface area (Å²) in [4.78, 5) is 21.9. The Morgan fingerprint density at radius 1 is 1.23 bits per heavy atom. The molecule has 1 aromatic heterocycles. The molecule has 0 spiro atoms. The Labute approximate surface area is 155 Å². The van der Waals surface area contributed by atoms with E-state index in [9.17, 15) is 4.79 Å². The van der Waals surface area contributed by atoms with Gasteiger partial charge in [-0.05, 0) is 45.2 Å². The lowest BCUT2D eigenvalue weighted by atomic mass is 10.1. The molecule has 3 heterocycles. The number of carbonyl (C=O) groups excluding carboxylic acids is 1. The first kappa shape index (κ1) is 17.7. The van der Waals surface area contributed by atoms with Crippen LogP contribution in [0, 0.1) is 5.92 Å². The van der Waals surface area contributed by atoms with Gasteiger partial charge in [0.05, 0.1) is 24.4 Å². The molecule has 26 heavy (non-hydrogen) atoms. The molecule has 1 aliphatic carbocycles. The lowest BCUT2D eigenvalue weighted by Gasteiger charge is -2.36. The molecule has 0 radical (unpaired) electrons. The van der Waals surface area contributed by atoms with Crippen LogP contribution in [0.3, 0.4) is 0 Å². The summed E-state index contributed by atoms with van der Waals surface area (Å²) in [7, 11) is 0. The number of morpholine rings is 1. The third kappa shape index (κ3) is 4.01. The van der Waals surface area contributed by atoms with Crippen molar-refractivity contribution in [2.45, 2.75) is 51.4 Å². The molecular weight excluding hydrogens is 330 g/mol. The van der Waals surface area contributed by atoms with Gasteiger partial charge in [0, 0.05) is 44.4 Å². The van der Waals surface area contributed by atoms with Gasteiger partial charge in [-0.25, -0.2) is 4.98 Å². The minimum atomic E-state index is 0.113. The molecule has 4 rings (SSSR count). The second kappa shape index (κ2) is 7.53. The van der Waals surface area contributed by atoms with E-state index in [1.165, 1.54) is 0 Å². The van der Waals surface area contributed by atoms with Gasteiger partial charge in [0.15, 0.2) is 0 Å². The predicted octanol–water partition coefficient (Wildman–Crippen LogP) is 2.34. The summed E-state index contributed by atoms with van der Waals surface area (Å²) >= 11 is 0. The number of hydrogen-bond donors (Lipinski definition) is 0. The van der Waals surface area contributed by atoms with E-state index in [2.05, 4.69) is 28.6 Å². The number of pyridine rings is 1. The average Bonchev–Trinajstić information content (AvgIpc) is 3.34. The van der Waals surface area contributed by atoms with Crippen LogP contribution in [0.5, 0.6) is 0 Å². The number of ether oxygens (including phenoxy) is 2. The highest BCUT2D eigenvalue weighted by molar-refractivity contribution is 5.94. The van der Waals surface area contributed by atoms with Gasteiger partial charge in [-0.3, -0.25) is 4.79 Å². The molecule has 1 aromatic rings. The number of amides is 1. The molecular formula is C20H29N3O3. The van der Waals surface area contributed by atoms with E-state index in [1.54, 1.807) is 6.20 Å². The minimum absolute atomic E-state index is 0.113.